The van der Waals surface area contributed by atoms with E-state index in [1.165, 1.54) is 11.8 Å². The van der Waals surface area contributed by atoms with Crippen LogP contribution < -0.4 is 21.7 Å². The molecule has 0 aromatic heterocycles. The molecule has 0 spiro atoms. The number of nitrogens with one attached hydrogen (secondary N) is 3. The molecule has 0 aromatic rings. The molecular weight excluding hydrogens is 396 g/mol. The number of aliphatic carboxylic acids is 1. The lowest BCUT2D eigenvalue weighted by Gasteiger charge is -2.29. The summed E-state index contributed by atoms with van der Waals surface area (Å²) < 4.78 is 0. The van der Waals surface area contributed by atoms with E-state index in [0.29, 0.717) is 18.6 Å². The van der Waals surface area contributed by atoms with Crippen molar-refractivity contribution in [2.24, 2.45) is 17.6 Å². The summed E-state index contributed by atoms with van der Waals surface area (Å²) >= 11 is 1.49. The summed E-state index contributed by atoms with van der Waals surface area (Å²) in [4.78, 5) is 48.8. The maximum atomic E-state index is 12.9. The van der Waals surface area contributed by atoms with E-state index in [1.54, 1.807) is 6.92 Å². The van der Waals surface area contributed by atoms with E-state index in [4.69, 9.17) is 5.73 Å². The average Bonchev–Trinajstić information content (AvgIpc) is 2.70. The van der Waals surface area contributed by atoms with Crippen LogP contribution in [0.3, 0.4) is 0 Å². The molecule has 0 saturated heterocycles. The van der Waals surface area contributed by atoms with Gasteiger partial charge in [-0.1, -0.05) is 40.5 Å². The standard InChI is InChI=1S/C19H36N4O5S/c1-6-11(3)15(22-14(24)10-20)18(26)23-16(12(4)7-2)17(25)21-13(19(27)28)8-9-29-5/h11-13,15-16H,6-10,20H2,1-5H3,(H,21,25)(H,22,24)(H,23,26)(H,27,28). The predicted octanol–water partition coefficient (Wildman–Crippen LogP) is 0.329. The number of thioether (sulfide) groups is 1. The number of rotatable bonds is 14. The van der Waals surface area contributed by atoms with E-state index in [2.05, 4.69) is 16.0 Å². The lowest BCUT2D eigenvalue weighted by atomic mass is 9.94. The van der Waals surface area contributed by atoms with Crippen molar-refractivity contribution in [2.75, 3.05) is 18.6 Å². The molecule has 0 saturated carbocycles. The lowest BCUT2D eigenvalue weighted by molar-refractivity contribution is -0.142. The highest BCUT2D eigenvalue weighted by Gasteiger charge is 2.33. The first-order valence-corrected chi connectivity index (χ1v) is 11.3. The molecule has 0 bridgehead atoms. The topological polar surface area (TPSA) is 151 Å². The SMILES string of the molecule is CCC(C)C(NC(=O)CN)C(=O)NC(C(=O)NC(CCSC)C(=O)O)C(C)CC. The molecule has 0 aliphatic rings. The Morgan fingerprint density at radius 1 is 0.931 bits per heavy atom. The summed E-state index contributed by atoms with van der Waals surface area (Å²) in [5, 5.41) is 17.2. The largest absolute Gasteiger partial charge is 0.480 e. The highest BCUT2D eigenvalue weighted by atomic mass is 32.2. The molecule has 0 rings (SSSR count). The third-order valence-corrected chi connectivity index (χ3v) is 5.66. The van der Waals surface area contributed by atoms with Crippen molar-refractivity contribution in [3.8, 4) is 0 Å². The van der Waals surface area contributed by atoms with Crippen molar-refractivity contribution in [1.29, 1.82) is 0 Å². The van der Waals surface area contributed by atoms with Crippen LogP contribution in [0.4, 0.5) is 0 Å². The fourth-order valence-corrected chi connectivity index (χ4v) is 3.11. The predicted molar refractivity (Wildman–Crippen MR) is 114 cm³/mol. The zero-order valence-corrected chi connectivity index (χ0v) is 18.8. The highest BCUT2D eigenvalue weighted by Crippen LogP contribution is 2.13. The van der Waals surface area contributed by atoms with E-state index >= 15 is 0 Å². The van der Waals surface area contributed by atoms with Gasteiger partial charge in [0.05, 0.1) is 6.54 Å². The molecule has 10 heteroatoms. The minimum atomic E-state index is -1.12. The monoisotopic (exact) mass is 432 g/mol. The van der Waals surface area contributed by atoms with Gasteiger partial charge in [0, 0.05) is 0 Å². The van der Waals surface area contributed by atoms with Gasteiger partial charge in [-0.3, -0.25) is 14.4 Å². The van der Waals surface area contributed by atoms with Crippen LogP contribution in [0.1, 0.15) is 47.0 Å². The number of carbonyl (C=O) groups excluding carboxylic acids is 3. The molecule has 0 fully saturated rings. The van der Waals surface area contributed by atoms with E-state index < -0.39 is 41.8 Å². The van der Waals surface area contributed by atoms with Gasteiger partial charge in [-0.25, -0.2) is 4.79 Å². The summed E-state index contributed by atoms with van der Waals surface area (Å²) in [6.07, 6.45) is 3.38. The van der Waals surface area contributed by atoms with Crippen LogP contribution in [-0.2, 0) is 19.2 Å². The number of nitrogens with two attached hydrogens (primary N) is 1. The van der Waals surface area contributed by atoms with E-state index in [0.717, 1.165) is 0 Å². The van der Waals surface area contributed by atoms with Crippen LogP contribution in [0, 0.1) is 11.8 Å². The molecule has 29 heavy (non-hydrogen) atoms. The first-order valence-electron chi connectivity index (χ1n) is 9.94. The van der Waals surface area contributed by atoms with Crippen molar-refractivity contribution in [3.05, 3.63) is 0 Å². The number of carboxylic acid groups (broad SMARTS) is 1. The van der Waals surface area contributed by atoms with Crippen LogP contribution >= 0.6 is 11.8 Å². The second-order valence-corrected chi connectivity index (χ2v) is 8.17. The van der Waals surface area contributed by atoms with Gasteiger partial charge in [0.1, 0.15) is 18.1 Å². The van der Waals surface area contributed by atoms with Gasteiger partial charge in [-0.05, 0) is 30.3 Å². The summed E-state index contributed by atoms with van der Waals surface area (Å²) in [5.74, 6) is -2.42. The molecule has 9 nitrogen and oxygen atoms in total. The Bertz CT molecular complexity index is 561. The third-order valence-electron chi connectivity index (χ3n) is 5.02. The van der Waals surface area contributed by atoms with E-state index in [-0.39, 0.29) is 24.8 Å². The molecule has 0 heterocycles. The van der Waals surface area contributed by atoms with Crippen molar-refractivity contribution < 1.29 is 24.3 Å². The molecule has 0 aliphatic heterocycles. The van der Waals surface area contributed by atoms with E-state index in [1.807, 2.05) is 27.0 Å². The van der Waals surface area contributed by atoms with Gasteiger partial charge in [0.15, 0.2) is 0 Å². The number of carboxylic acids is 1. The maximum Gasteiger partial charge on any atom is 0.326 e. The van der Waals surface area contributed by atoms with E-state index in [9.17, 15) is 24.3 Å². The first-order chi connectivity index (χ1) is 13.6. The summed E-state index contributed by atoms with van der Waals surface area (Å²) in [6.45, 7) is 7.15. The Morgan fingerprint density at radius 3 is 1.83 bits per heavy atom. The minimum absolute atomic E-state index is 0.167. The second kappa shape index (κ2) is 14.2. The van der Waals surface area contributed by atoms with Gasteiger partial charge < -0.3 is 26.8 Å². The van der Waals surface area contributed by atoms with Crippen LogP contribution in [-0.4, -0.2) is 65.5 Å². The van der Waals surface area contributed by atoms with Crippen molar-refractivity contribution in [2.45, 2.75) is 65.1 Å². The highest BCUT2D eigenvalue weighted by molar-refractivity contribution is 7.98. The smallest absolute Gasteiger partial charge is 0.326 e. The molecule has 3 amide bonds. The molecule has 5 unspecified atom stereocenters. The third kappa shape index (κ3) is 9.49. The van der Waals surface area contributed by atoms with Gasteiger partial charge in [0.25, 0.3) is 0 Å². The fraction of sp³-hybridized carbons (Fsp3) is 0.789. The zero-order valence-electron chi connectivity index (χ0n) is 18.0. The lowest BCUT2D eigenvalue weighted by Crippen LogP contribution is -2.59. The molecular formula is C19H36N4O5S. The molecule has 168 valence electrons. The molecule has 0 aliphatic carbocycles. The molecule has 0 aromatic carbocycles. The first kappa shape index (κ1) is 27.2. The summed E-state index contributed by atoms with van der Waals surface area (Å²) in [5.41, 5.74) is 5.34. The van der Waals surface area contributed by atoms with Gasteiger partial charge in [0.2, 0.25) is 17.7 Å². The van der Waals surface area contributed by atoms with Gasteiger partial charge in [-0.15, -0.1) is 0 Å². The summed E-state index contributed by atoms with van der Waals surface area (Å²) in [7, 11) is 0. The number of hydrogen-bond acceptors (Lipinski definition) is 6. The second-order valence-electron chi connectivity index (χ2n) is 7.19. The Kier molecular flexibility index (Phi) is 13.3. The average molecular weight is 433 g/mol. The fourth-order valence-electron chi connectivity index (χ4n) is 2.63. The van der Waals surface area contributed by atoms with Crippen LogP contribution in [0.15, 0.2) is 0 Å². The van der Waals surface area contributed by atoms with Crippen molar-refractivity contribution in [1.82, 2.24) is 16.0 Å². The Morgan fingerprint density at radius 2 is 1.41 bits per heavy atom. The minimum Gasteiger partial charge on any atom is -0.480 e. The maximum absolute atomic E-state index is 12.9. The number of carbonyl (C=O) groups is 4. The molecule has 6 N–H and O–H groups in total. The Hall–Kier alpha value is -1.81. The Balaban J connectivity index is 5.43. The normalized spacial score (nSPS) is 16.1. The van der Waals surface area contributed by atoms with Crippen LogP contribution in [0.5, 0.6) is 0 Å². The number of hydrogen-bond donors (Lipinski definition) is 5. The van der Waals surface area contributed by atoms with Crippen LogP contribution in [0.2, 0.25) is 0 Å². The van der Waals surface area contributed by atoms with Crippen LogP contribution in [0.25, 0.3) is 0 Å². The van der Waals surface area contributed by atoms with Gasteiger partial charge >= 0.3 is 5.97 Å². The van der Waals surface area contributed by atoms with Crippen molar-refractivity contribution in [3.63, 3.8) is 0 Å². The Labute approximate surface area is 177 Å². The number of amides is 3. The quantitative estimate of drug-likeness (QED) is 0.265. The van der Waals surface area contributed by atoms with Gasteiger partial charge in [-0.2, -0.15) is 11.8 Å². The molecule has 0 radical (unpaired) electrons. The zero-order chi connectivity index (χ0) is 22.6. The van der Waals surface area contributed by atoms with Crippen molar-refractivity contribution >= 4 is 35.5 Å². The molecule has 5 atom stereocenters. The summed E-state index contributed by atoms with van der Waals surface area (Å²) in [6, 6.07) is -2.77.